The van der Waals surface area contributed by atoms with Crippen molar-refractivity contribution in [2.75, 3.05) is 91.6 Å². The Morgan fingerprint density at radius 1 is 0.520 bits per heavy atom. The van der Waals surface area contributed by atoms with Gasteiger partial charge in [-0.25, -0.2) is 0 Å². The van der Waals surface area contributed by atoms with E-state index in [4.69, 9.17) is 0 Å². The van der Waals surface area contributed by atoms with Crippen LogP contribution in [-0.2, 0) is 0 Å². The maximum Gasteiger partial charge on any atom is 0.0110 e. The normalized spacial score (nSPS) is 21.8. The van der Waals surface area contributed by atoms with Crippen molar-refractivity contribution >= 4 is 0 Å². The zero-order valence-electron chi connectivity index (χ0n) is 17.0. The first-order valence-electron chi connectivity index (χ1n) is 10.9. The molecule has 2 aliphatic rings. The molecule has 2 saturated heterocycles. The molecule has 5 nitrogen and oxygen atoms in total. The van der Waals surface area contributed by atoms with E-state index in [0.717, 1.165) is 13.1 Å². The molecule has 25 heavy (non-hydrogen) atoms. The molecule has 0 aliphatic carbocycles. The van der Waals surface area contributed by atoms with Gasteiger partial charge in [0.2, 0.25) is 0 Å². The standard InChI is InChI=1S/C20H43N5/c1-3-5-9-22-13-17-24(18-14-22)11-7-21-8-12-25-19-15-23(16-20-25)10-6-4-2/h21H,3-20H2,1-2H3. The third kappa shape index (κ3) is 8.83. The van der Waals surface area contributed by atoms with Gasteiger partial charge < -0.3 is 15.1 Å². The molecule has 0 spiro atoms. The quantitative estimate of drug-likeness (QED) is 0.535. The molecular formula is C20H43N5. The maximum atomic E-state index is 3.66. The monoisotopic (exact) mass is 353 g/mol. The molecule has 0 unspecified atom stereocenters. The highest BCUT2D eigenvalue weighted by molar-refractivity contribution is 4.74. The highest BCUT2D eigenvalue weighted by Gasteiger charge is 2.17. The van der Waals surface area contributed by atoms with Gasteiger partial charge in [0, 0.05) is 78.5 Å². The lowest BCUT2D eigenvalue weighted by atomic mass is 10.2. The van der Waals surface area contributed by atoms with Crippen LogP contribution in [0.2, 0.25) is 0 Å². The molecule has 2 fully saturated rings. The summed E-state index contributed by atoms with van der Waals surface area (Å²) in [6.45, 7) is 22.0. The van der Waals surface area contributed by atoms with Gasteiger partial charge in [0.15, 0.2) is 0 Å². The van der Waals surface area contributed by atoms with Crippen molar-refractivity contribution in [3.8, 4) is 0 Å². The predicted molar refractivity (Wildman–Crippen MR) is 108 cm³/mol. The summed E-state index contributed by atoms with van der Waals surface area (Å²) in [5.74, 6) is 0. The topological polar surface area (TPSA) is 25.0 Å². The fourth-order valence-corrected chi connectivity index (χ4v) is 3.84. The molecular weight excluding hydrogens is 310 g/mol. The smallest absolute Gasteiger partial charge is 0.0110 e. The van der Waals surface area contributed by atoms with Crippen LogP contribution in [0.1, 0.15) is 39.5 Å². The minimum Gasteiger partial charge on any atom is -0.314 e. The largest absolute Gasteiger partial charge is 0.314 e. The van der Waals surface area contributed by atoms with E-state index in [1.54, 1.807) is 0 Å². The van der Waals surface area contributed by atoms with E-state index in [1.807, 2.05) is 0 Å². The van der Waals surface area contributed by atoms with Crippen LogP contribution in [-0.4, -0.2) is 111 Å². The van der Waals surface area contributed by atoms with E-state index >= 15 is 0 Å². The van der Waals surface area contributed by atoms with Gasteiger partial charge >= 0.3 is 0 Å². The van der Waals surface area contributed by atoms with E-state index in [1.165, 1.54) is 104 Å². The summed E-state index contributed by atoms with van der Waals surface area (Å²) in [7, 11) is 0. The van der Waals surface area contributed by atoms with E-state index in [0.29, 0.717) is 0 Å². The Balaban J connectivity index is 1.42. The first kappa shape index (κ1) is 21.1. The number of nitrogens with one attached hydrogen (secondary N) is 1. The molecule has 0 aromatic heterocycles. The number of hydrogen-bond donors (Lipinski definition) is 1. The zero-order valence-corrected chi connectivity index (χ0v) is 17.0. The van der Waals surface area contributed by atoms with Crippen LogP contribution >= 0.6 is 0 Å². The molecule has 0 radical (unpaired) electrons. The SMILES string of the molecule is CCCCN1CCN(CCNCCN2CCN(CCCC)CC2)CC1. The number of nitrogens with zero attached hydrogens (tertiary/aromatic N) is 4. The number of rotatable bonds is 12. The average Bonchev–Trinajstić information content (AvgIpc) is 2.66. The van der Waals surface area contributed by atoms with Crippen molar-refractivity contribution < 1.29 is 0 Å². The molecule has 0 bridgehead atoms. The van der Waals surface area contributed by atoms with Gasteiger partial charge in [-0.2, -0.15) is 0 Å². The van der Waals surface area contributed by atoms with Crippen molar-refractivity contribution in [1.82, 2.24) is 24.9 Å². The van der Waals surface area contributed by atoms with Gasteiger partial charge in [0.1, 0.15) is 0 Å². The maximum absolute atomic E-state index is 3.66. The third-order valence-corrected chi connectivity index (χ3v) is 5.80. The molecule has 5 heteroatoms. The summed E-state index contributed by atoms with van der Waals surface area (Å²) < 4.78 is 0. The van der Waals surface area contributed by atoms with Crippen LogP contribution in [0.5, 0.6) is 0 Å². The molecule has 0 saturated carbocycles. The lowest BCUT2D eigenvalue weighted by molar-refractivity contribution is 0.126. The first-order valence-corrected chi connectivity index (χ1v) is 10.9. The van der Waals surface area contributed by atoms with E-state index < -0.39 is 0 Å². The Kier molecular flexibility index (Phi) is 11.0. The van der Waals surface area contributed by atoms with E-state index in [2.05, 4.69) is 38.8 Å². The second kappa shape index (κ2) is 13.0. The van der Waals surface area contributed by atoms with Crippen LogP contribution in [0.3, 0.4) is 0 Å². The minimum absolute atomic E-state index is 1.14. The first-order chi connectivity index (χ1) is 12.3. The molecule has 2 heterocycles. The van der Waals surface area contributed by atoms with Gasteiger partial charge in [0.05, 0.1) is 0 Å². The summed E-state index contributed by atoms with van der Waals surface area (Å²) >= 11 is 0. The molecule has 148 valence electrons. The van der Waals surface area contributed by atoms with Crippen LogP contribution in [0.4, 0.5) is 0 Å². The zero-order chi connectivity index (χ0) is 17.7. The Morgan fingerprint density at radius 3 is 1.16 bits per heavy atom. The molecule has 0 atom stereocenters. The highest BCUT2D eigenvalue weighted by atomic mass is 15.3. The fraction of sp³-hybridized carbons (Fsp3) is 1.00. The highest BCUT2D eigenvalue weighted by Crippen LogP contribution is 2.04. The van der Waals surface area contributed by atoms with Gasteiger partial charge in [-0.15, -0.1) is 0 Å². The second-order valence-corrected chi connectivity index (χ2v) is 7.82. The van der Waals surface area contributed by atoms with Crippen molar-refractivity contribution in [2.24, 2.45) is 0 Å². The van der Waals surface area contributed by atoms with Crippen LogP contribution in [0.25, 0.3) is 0 Å². The molecule has 1 N–H and O–H groups in total. The molecule has 0 amide bonds. The predicted octanol–water partition coefficient (Wildman–Crippen LogP) is 1.41. The Morgan fingerprint density at radius 2 is 0.840 bits per heavy atom. The lowest BCUT2D eigenvalue weighted by Crippen LogP contribution is -2.49. The van der Waals surface area contributed by atoms with E-state index in [9.17, 15) is 0 Å². The van der Waals surface area contributed by atoms with Gasteiger partial charge in [-0.05, 0) is 25.9 Å². The van der Waals surface area contributed by atoms with Crippen LogP contribution in [0.15, 0.2) is 0 Å². The molecule has 0 aromatic carbocycles. The number of unbranched alkanes of at least 4 members (excludes halogenated alkanes) is 2. The number of piperazine rings is 2. The number of hydrogen-bond acceptors (Lipinski definition) is 5. The molecule has 2 aliphatic heterocycles. The Hall–Kier alpha value is -0.200. The summed E-state index contributed by atoms with van der Waals surface area (Å²) in [6.07, 6.45) is 5.35. The van der Waals surface area contributed by atoms with E-state index in [-0.39, 0.29) is 0 Å². The van der Waals surface area contributed by atoms with Crippen molar-refractivity contribution in [2.45, 2.75) is 39.5 Å². The Labute approximate surface area is 156 Å². The molecule has 2 rings (SSSR count). The van der Waals surface area contributed by atoms with Crippen LogP contribution < -0.4 is 5.32 Å². The lowest BCUT2D eigenvalue weighted by Gasteiger charge is -2.35. The van der Waals surface area contributed by atoms with Gasteiger partial charge in [-0.1, -0.05) is 26.7 Å². The summed E-state index contributed by atoms with van der Waals surface area (Å²) in [6, 6.07) is 0. The van der Waals surface area contributed by atoms with Crippen molar-refractivity contribution in [1.29, 1.82) is 0 Å². The minimum atomic E-state index is 1.14. The van der Waals surface area contributed by atoms with Crippen LogP contribution in [0, 0.1) is 0 Å². The van der Waals surface area contributed by atoms with Crippen molar-refractivity contribution in [3.63, 3.8) is 0 Å². The summed E-state index contributed by atoms with van der Waals surface area (Å²) in [5, 5.41) is 3.66. The average molecular weight is 354 g/mol. The Bertz CT molecular complexity index is 279. The summed E-state index contributed by atoms with van der Waals surface area (Å²) in [5.41, 5.74) is 0. The third-order valence-electron chi connectivity index (χ3n) is 5.80. The molecule has 0 aromatic rings. The second-order valence-electron chi connectivity index (χ2n) is 7.82. The fourth-order valence-electron chi connectivity index (χ4n) is 3.84. The van der Waals surface area contributed by atoms with Gasteiger partial charge in [-0.3, -0.25) is 9.80 Å². The van der Waals surface area contributed by atoms with Crippen molar-refractivity contribution in [3.05, 3.63) is 0 Å². The van der Waals surface area contributed by atoms with Gasteiger partial charge in [0.25, 0.3) is 0 Å². The summed E-state index contributed by atoms with van der Waals surface area (Å²) in [4.78, 5) is 10.5.